The Morgan fingerprint density at radius 3 is 2.06 bits per heavy atom. The van der Waals surface area contributed by atoms with Crippen LogP contribution in [0, 0.1) is 0 Å². The van der Waals surface area contributed by atoms with Crippen molar-refractivity contribution in [1.82, 2.24) is 0 Å². The van der Waals surface area contributed by atoms with E-state index in [-0.39, 0.29) is 52.6 Å². The molecule has 0 bridgehead atoms. The second-order valence-electron chi connectivity index (χ2n) is 7.37. The van der Waals surface area contributed by atoms with Crippen LogP contribution in [0.4, 0.5) is 0 Å². The second-order valence-corrected chi connectivity index (χ2v) is 8.45. The first-order valence-corrected chi connectivity index (χ1v) is 11.2. The molecule has 0 unspecified atom stereocenters. The molecule has 0 amide bonds. The van der Waals surface area contributed by atoms with Gasteiger partial charge >= 0.3 is 29.6 Å². The van der Waals surface area contributed by atoms with Crippen molar-refractivity contribution < 1.29 is 28.8 Å². The van der Waals surface area contributed by atoms with Crippen molar-refractivity contribution in [3.8, 4) is 39.2 Å². The Hall–Kier alpha value is -2.97. The van der Waals surface area contributed by atoms with Crippen LogP contribution in [-0.2, 0) is 0 Å². The number of allylic oxidation sites excluding steroid dienone is 1. The van der Waals surface area contributed by atoms with Crippen LogP contribution >= 0.6 is 11.3 Å². The Labute approximate surface area is 230 Å². The zero-order valence-corrected chi connectivity index (χ0v) is 20.1. The predicted molar refractivity (Wildman–Crippen MR) is 142 cm³/mol. The van der Waals surface area contributed by atoms with Gasteiger partial charge in [-0.05, 0) is 47.9 Å². The third-order valence-electron chi connectivity index (χ3n) is 5.42. The van der Waals surface area contributed by atoms with Crippen LogP contribution in [0.2, 0.25) is 0 Å². The number of ether oxygens (including phenoxy) is 4. The number of benzene rings is 3. The van der Waals surface area contributed by atoms with Gasteiger partial charge in [-0.2, -0.15) is 0 Å². The number of thiophene rings is 1. The first kappa shape index (κ1) is 26.6. The Kier molecular flexibility index (Phi) is 8.86. The van der Waals surface area contributed by atoms with Gasteiger partial charge in [0.2, 0.25) is 5.75 Å². The van der Waals surface area contributed by atoms with Crippen LogP contribution in [0.3, 0.4) is 0 Å². The number of rotatable bonds is 8. The summed E-state index contributed by atoms with van der Waals surface area (Å²) in [6, 6.07) is 17.0. The summed E-state index contributed by atoms with van der Waals surface area (Å²) in [5.41, 5.74) is 1.95. The quantitative estimate of drug-likeness (QED) is 0.194. The average molecular weight is 501 g/mol. The van der Waals surface area contributed by atoms with Crippen molar-refractivity contribution in [1.29, 1.82) is 0 Å². The standard InChI is InChI=1S/C27H24O6S.Na.H/c1-30-21-15-22(31-2)19(26-14-17-7-5-6-8-25(17)34-26)11-16(21)9-10-20(28)18-12-23(32-3)27(29)24(13-18)33-4;;/h5-15,29H,1-4H3;;/b10-9+;;. The van der Waals surface area contributed by atoms with E-state index in [0.717, 1.165) is 21.4 Å². The molecule has 8 heteroatoms. The molecule has 0 spiro atoms. The van der Waals surface area contributed by atoms with E-state index in [2.05, 4.69) is 18.2 Å². The summed E-state index contributed by atoms with van der Waals surface area (Å²) >= 11 is 1.67. The third-order valence-corrected chi connectivity index (χ3v) is 6.57. The van der Waals surface area contributed by atoms with E-state index >= 15 is 0 Å². The molecule has 35 heavy (non-hydrogen) atoms. The second kappa shape index (κ2) is 11.6. The summed E-state index contributed by atoms with van der Waals surface area (Å²) in [4.78, 5) is 14.0. The molecule has 1 aromatic heterocycles. The molecular formula is C27H25NaO6S. The number of carbonyl (C=O) groups is 1. The van der Waals surface area contributed by atoms with Gasteiger partial charge < -0.3 is 24.1 Å². The molecule has 176 valence electrons. The van der Waals surface area contributed by atoms with Crippen LogP contribution in [0.15, 0.2) is 60.7 Å². The number of phenols is 1. The zero-order chi connectivity index (χ0) is 24.2. The van der Waals surface area contributed by atoms with Crippen molar-refractivity contribution in [2.45, 2.75) is 0 Å². The molecule has 4 aromatic rings. The Morgan fingerprint density at radius 2 is 1.46 bits per heavy atom. The molecule has 4 rings (SSSR count). The fourth-order valence-corrected chi connectivity index (χ4v) is 4.74. The predicted octanol–water partition coefficient (Wildman–Crippen LogP) is 5.56. The van der Waals surface area contributed by atoms with E-state index in [1.807, 2.05) is 24.3 Å². The van der Waals surface area contributed by atoms with Gasteiger partial charge in [0.25, 0.3) is 0 Å². The normalized spacial score (nSPS) is 10.7. The fraction of sp³-hybridized carbons (Fsp3) is 0.148. The maximum absolute atomic E-state index is 12.9. The van der Waals surface area contributed by atoms with Gasteiger partial charge in [-0.3, -0.25) is 4.79 Å². The number of hydrogen-bond acceptors (Lipinski definition) is 7. The van der Waals surface area contributed by atoms with E-state index in [9.17, 15) is 9.90 Å². The maximum atomic E-state index is 12.9. The van der Waals surface area contributed by atoms with Gasteiger partial charge in [-0.1, -0.05) is 18.2 Å². The number of methoxy groups -OCH3 is 4. The van der Waals surface area contributed by atoms with Crippen molar-refractivity contribution in [3.05, 3.63) is 71.8 Å². The summed E-state index contributed by atoms with van der Waals surface area (Å²) in [5.74, 6) is 1.13. The molecule has 1 N–H and O–H groups in total. The molecule has 0 aliphatic heterocycles. The Balaban J connectivity index is 0.00000342. The molecule has 0 aliphatic rings. The van der Waals surface area contributed by atoms with Crippen LogP contribution in [0.1, 0.15) is 15.9 Å². The molecule has 6 nitrogen and oxygen atoms in total. The number of phenolic OH excluding ortho intramolecular Hbond substituents is 1. The number of fused-ring (bicyclic) bond motifs is 1. The topological polar surface area (TPSA) is 74.2 Å². The molecule has 0 atom stereocenters. The van der Waals surface area contributed by atoms with E-state index in [1.165, 1.54) is 37.1 Å². The first-order valence-electron chi connectivity index (χ1n) is 10.4. The molecule has 0 radical (unpaired) electrons. The van der Waals surface area contributed by atoms with Crippen molar-refractivity contribution in [3.63, 3.8) is 0 Å². The van der Waals surface area contributed by atoms with Gasteiger partial charge in [-0.15, -0.1) is 11.3 Å². The number of ketones is 1. The van der Waals surface area contributed by atoms with Crippen LogP contribution in [-0.4, -0.2) is 68.9 Å². The van der Waals surface area contributed by atoms with Crippen LogP contribution < -0.4 is 18.9 Å². The average Bonchev–Trinajstić information content (AvgIpc) is 3.31. The van der Waals surface area contributed by atoms with E-state index in [0.29, 0.717) is 17.1 Å². The molecule has 3 aromatic carbocycles. The van der Waals surface area contributed by atoms with E-state index < -0.39 is 0 Å². The molecule has 0 saturated carbocycles. The van der Waals surface area contributed by atoms with E-state index in [4.69, 9.17) is 18.9 Å². The van der Waals surface area contributed by atoms with Gasteiger partial charge in [-0.25, -0.2) is 0 Å². The van der Waals surface area contributed by atoms with Gasteiger partial charge in [0.05, 0.1) is 28.4 Å². The summed E-state index contributed by atoms with van der Waals surface area (Å²) < 4.78 is 22.7. The van der Waals surface area contributed by atoms with Gasteiger partial charge in [0.15, 0.2) is 17.3 Å². The summed E-state index contributed by atoms with van der Waals surface area (Å²) in [7, 11) is 6.02. The monoisotopic (exact) mass is 500 g/mol. The minimum atomic E-state index is -0.280. The van der Waals surface area contributed by atoms with E-state index in [1.54, 1.807) is 31.6 Å². The van der Waals surface area contributed by atoms with Gasteiger partial charge in [0, 0.05) is 32.3 Å². The molecular weight excluding hydrogens is 475 g/mol. The zero-order valence-electron chi connectivity index (χ0n) is 19.2. The fourth-order valence-electron chi connectivity index (χ4n) is 3.66. The van der Waals surface area contributed by atoms with Crippen molar-refractivity contribution in [2.24, 2.45) is 0 Å². The number of hydrogen-bond donors (Lipinski definition) is 1. The molecule has 0 fully saturated rings. The minimum absolute atomic E-state index is 0. The first-order chi connectivity index (χ1) is 16.5. The SMILES string of the molecule is COc1cc(OC)c(-c2cc3ccccc3s2)cc1/C=C/C(=O)c1cc(OC)c(O)c(OC)c1.[NaH]. The van der Waals surface area contributed by atoms with Gasteiger partial charge in [0.1, 0.15) is 11.5 Å². The van der Waals surface area contributed by atoms with Crippen LogP contribution in [0.5, 0.6) is 28.7 Å². The summed E-state index contributed by atoms with van der Waals surface area (Å²) in [5, 5.41) is 11.3. The molecule has 0 saturated heterocycles. The van der Waals surface area contributed by atoms with Crippen LogP contribution in [0.25, 0.3) is 26.6 Å². The third kappa shape index (κ3) is 5.49. The summed E-state index contributed by atoms with van der Waals surface area (Å²) in [6.07, 6.45) is 3.15. The van der Waals surface area contributed by atoms with Crippen molar-refractivity contribution >= 4 is 62.8 Å². The number of carbonyl (C=O) groups excluding carboxylic acids is 1. The number of aromatic hydroxyl groups is 1. The Bertz CT molecular complexity index is 1330. The summed E-state index contributed by atoms with van der Waals surface area (Å²) in [6.45, 7) is 0. The van der Waals surface area contributed by atoms with Crippen molar-refractivity contribution in [2.75, 3.05) is 28.4 Å². The molecule has 1 heterocycles. The molecule has 0 aliphatic carbocycles. The Morgan fingerprint density at radius 1 is 0.829 bits per heavy atom.